The number of benzene rings is 1. The lowest BCUT2D eigenvalue weighted by Gasteiger charge is -2.06. The Morgan fingerprint density at radius 2 is 2.05 bits per heavy atom. The van der Waals surface area contributed by atoms with Crippen molar-refractivity contribution in [3.8, 4) is 11.8 Å². The number of nitrogens with zero attached hydrogens (tertiary/aromatic N) is 4. The normalized spacial score (nSPS) is 10.2. The van der Waals surface area contributed by atoms with E-state index in [2.05, 4.69) is 5.10 Å². The van der Waals surface area contributed by atoms with Crippen molar-refractivity contribution in [3.63, 3.8) is 0 Å². The van der Waals surface area contributed by atoms with Gasteiger partial charge in [-0.15, -0.1) is 0 Å². The highest BCUT2D eigenvalue weighted by Gasteiger charge is 2.15. The summed E-state index contributed by atoms with van der Waals surface area (Å²) >= 11 is 0. The third kappa shape index (κ3) is 2.06. The number of aryl methyl sites for hydroxylation is 1. The van der Waals surface area contributed by atoms with Gasteiger partial charge in [0, 0.05) is 17.8 Å². The Morgan fingerprint density at radius 3 is 2.53 bits per heavy atom. The van der Waals surface area contributed by atoms with E-state index in [1.807, 2.05) is 26.8 Å². The topological polar surface area (TPSA) is 84.8 Å². The molecule has 1 aromatic carbocycles. The maximum absolute atomic E-state index is 10.7. The summed E-state index contributed by atoms with van der Waals surface area (Å²) in [6, 6.07) is 6.17. The van der Waals surface area contributed by atoms with E-state index in [1.54, 1.807) is 10.7 Å². The Balaban J connectivity index is 2.66. The standard InChI is InChI=1S/C13H12N4O2/c1-8-9(2)15-16(10(8)3)13-5-4-12(17(18)19)6-11(13)7-14/h4-6H,1-3H3. The predicted octanol–water partition coefficient (Wildman–Crippen LogP) is 2.58. The van der Waals surface area contributed by atoms with Crippen molar-refractivity contribution in [1.82, 2.24) is 9.78 Å². The van der Waals surface area contributed by atoms with E-state index >= 15 is 0 Å². The van der Waals surface area contributed by atoms with Crippen LogP contribution in [-0.2, 0) is 0 Å². The highest BCUT2D eigenvalue weighted by molar-refractivity contribution is 5.55. The van der Waals surface area contributed by atoms with Crippen LogP contribution in [0.5, 0.6) is 0 Å². The zero-order valence-corrected chi connectivity index (χ0v) is 10.8. The Labute approximate surface area is 110 Å². The molecule has 96 valence electrons. The van der Waals surface area contributed by atoms with Crippen molar-refractivity contribution in [2.24, 2.45) is 0 Å². The Hall–Kier alpha value is -2.68. The number of nitriles is 1. The second-order valence-electron chi connectivity index (χ2n) is 4.28. The van der Waals surface area contributed by atoms with Crippen LogP contribution in [0.2, 0.25) is 0 Å². The molecule has 1 aromatic heterocycles. The number of rotatable bonds is 2. The smallest absolute Gasteiger partial charge is 0.258 e. The molecular formula is C13H12N4O2. The van der Waals surface area contributed by atoms with Crippen LogP contribution in [-0.4, -0.2) is 14.7 Å². The van der Waals surface area contributed by atoms with Crippen LogP contribution in [0.25, 0.3) is 5.69 Å². The van der Waals surface area contributed by atoms with Crippen LogP contribution in [0, 0.1) is 42.2 Å². The van der Waals surface area contributed by atoms with E-state index in [9.17, 15) is 10.1 Å². The van der Waals surface area contributed by atoms with Gasteiger partial charge in [-0.1, -0.05) is 0 Å². The van der Waals surface area contributed by atoms with Gasteiger partial charge >= 0.3 is 0 Å². The van der Waals surface area contributed by atoms with Gasteiger partial charge in [-0.3, -0.25) is 10.1 Å². The van der Waals surface area contributed by atoms with Gasteiger partial charge in [0.05, 0.1) is 21.9 Å². The van der Waals surface area contributed by atoms with Crippen molar-refractivity contribution in [2.45, 2.75) is 20.8 Å². The van der Waals surface area contributed by atoms with E-state index < -0.39 is 4.92 Å². The molecule has 0 N–H and O–H groups in total. The lowest BCUT2D eigenvalue weighted by Crippen LogP contribution is -2.03. The molecule has 0 aliphatic rings. The van der Waals surface area contributed by atoms with E-state index in [4.69, 9.17) is 5.26 Å². The van der Waals surface area contributed by atoms with Crippen LogP contribution in [0.15, 0.2) is 18.2 Å². The molecule has 0 saturated carbocycles. The fourth-order valence-electron chi connectivity index (χ4n) is 1.87. The van der Waals surface area contributed by atoms with E-state index in [0.29, 0.717) is 5.69 Å². The first-order chi connectivity index (χ1) is 8.95. The van der Waals surface area contributed by atoms with Crippen LogP contribution in [0.4, 0.5) is 5.69 Å². The van der Waals surface area contributed by atoms with Gasteiger partial charge in [0.15, 0.2) is 0 Å². The highest BCUT2D eigenvalue weighted by Crippen LogP contribution is 2.23. The van der Waals surface area contributed by atoms with Gasteiger partial charge in [-0.2, -0.15) is 10.4 Å². The number of nitro benzene ring substituents is 1. The van der Waals surface area contributed by atoms with Gasteiger partial charge in [0.1, 0.15) is 6.07 Å². The second kappa shape index (κ2) is 4.53. The molecule has 0 atom stereocenters. The number of hydrogen-bond donors (Lipinski definition) is 0. The summed E-state index contributed by atoms with van der Waals surface area (Å²) in [5.74, 6) is 0. The van der Waals surface area contributed by atoms with Crippen molar-refractivity contribution >= 4 is 5.69 Å². The van der Waals surface area contributed by atoms with Crippen molar-refractivity contribution in [3.05, 3.63) is 50.8 Å². The van der Waals surface area contributed by atoms with Crippen LogP contribution in [0.1, 0.15) is 22.5 Å². The van der Waals surface area contributed by atoms with Crippen molar-refractivity contribution in [1.29, 1.82) is 5.26 Å². The molecule has 0 aliphatic carbocycles. The summed E-state index contributed by atoms with van der Waals surface area (Å²) in [5, 5.41) is 24.2. The van der Waals surface area contributed by atoms with Gasteiger partial charge < -0.3 is 0 Å². The molecule has 2 aromatic rings. The molecule has 0 unspecified atom stereocenters. The first-order valence-electron chi connectivity index (χ1n) is 5.67. The molecule has 0 aliphatic heterocycles. The summed E-state index contributed by atoms with van der Waals surface area (Å²) in [4.78, 5) is 10.2. The summed E-state index contributed by atoms with van der Waals surface area (Å²) in [6.07, 6.45) is 0. The predicted molar refractivity (Wildman–Crippen MR) is 69.1 cm³/mol. The maximum Gasteiger partial charge on any atom is 0.270 e. The Kier molecular flexibility index (Phi) is 3.05. The average molecular weight is 256 g/mol. The van der Waals surface area contributed by atoms with Gasteiger partial charge in [0.2, 0.25) is 0 Å². The third-order valence-corrected chi connectivity index (χ3v) is 3.19. The number of nitro groups is 1. The summed E-state index contributed by atoms with van der Waals surface area (Å²) in [5.41, 5.74) is 3.53. The number of aromatic nitrogens is 2. The highest BCUT2D eigenvalue weighted by atomic mass is 16.6. The van der Waals surface area contributed by atoms with Crippen molar-refractivity contribution in [2.75, 3.05) is 0 Å². The monoisotopic (exact) mass is 256 g/mol. The van der Waals surface area contributed by atoms with E-state index in [1.165, 1.54) is 12.1 Å². The molecule has 0 spiro atoms. The van der Waals surface area contributed by atoms with Gasteiger partial charge in [-0.05, 0) is 32.4 Å². The maximum atomic E-state index is 10.7. The number of non-ortho nitro benzene ring substituents is 1. The molecule has 0 amide bonds. The van der Waals surface area contributed by atoms with Gasteiger partial charge in [-0.25, -0.2) is 4.68 Å². The molecule has 0 radical (unpaired) electrons. The molecule has 19 heavy (non-hydrogen) atoms. The lowest BCUT2D eigenvalue weighted by atomic mass is 10.1. The summed E-state index contributed by atoms with van der Waals surface area (Å²) < 4.78 is 1.65. The quantitative estimate of drug-likeness (QED) is 0.610. The summed E-state index contributed by atoms with van der Waals surface area (Å²) in [7, 11) is 0. The van der Waals surface area contributed by atoms with E-state index in [-0.39, 0.29) is 11.3 Å². The zero-order chi connectivity index (χ0) is 14.2. The largest absolute Gasteiger partial charge is 0.270 e. The van der Waals surface area contributed by atoms with Crippen LogP contribution >= 0.6 is 0 Å². The molecule has 0 saturated heterocycles. The summed E-state index contributed by atoms with van der Waals surface area (Å²) in [6.45, 7) is 5.74. The number of hydrogen-bond acceptors (Lipinski definition) is 4. The minimum atomic E-state index is -0.517. The van der Waals surface area contributed by atoms with Crippen LogP contribution < -0.4 is 0 Å². The minimum absolute atomic E-state index is 0.0986. The molecule has 1 heterocycles. The zero-order valence-electron chi connectivity index (χ0n) is 10.8. The molecule has 0 fully saturated rings. The van der Waals surface area contributed by atoms with E-state index in [0.717, 1.165) is 17.0 Å². The first kappa shape index (κ1) is 12.8. The van der Waals surface area contributed by atoms with Crippen LogP contribution in [0.3, 0.4) is 0 Å². The Bertz CT molecular complexity index is 710. The Morgan fingerprint density at radius 1 is 1.37 bits per heavy atom. The lowest BCUT2D eigenvalue weighted by molar-refractivity contribution is -0.384. The molecule has 6 nitrogen and oxygen atoms in total. The third-order valence-electron chi connectivity index (χ3n) is 3.19. The first-order valence-corrected chi connectivity index (χ1v) is 5.67. The molecule has 2 rings (SSSR count). The molecule has 0 bridgehead atoms. The second-order valence-corrected chi connectivity index (χ2v) is 4.28. The molecule has 6 heteroatoms. The molecular weight excluding hydrogens is 244 g/mol. The minimum Gasteiger partial charge on any atom is -0.258 e. The fourth-order valence-corrected chi connectivity index (χ4v) is 1.87. The van der Waals surface area contributed by atoms with Crippen molar-refractivity contribution < 1.29 is 4.92 Å². The average Bonchev–Trinajstić information content (AvgIpc) is 2.65. The van der Waals surface area contributed by atoms with Gasteiger partial charge in [0.25, 0.3) is 5.69 Å². The SMILES string of the molecule is Cc1nn(-c2ccc([N+](=O)[O-])cc2C#N)c(C)c1C. The fraction of sp³-hybridized carbons (Fsp3) is 0.231.